The summed E-state index contributed by atoms with van der Waals surface area (Å²) in [5.74, 6) is -0.206. The Morgan fingerprint density at radius 1 is 1.45 bits per heavy atom. The molecule has 0 aliphatic rings. The molecule has 5 heteroatoms. The van der Waals surface area contributed by atoms with Gasteiger partial charge in [0.25, 0.3) is 0 Å². The molecule has 1 unspecified atom stereocenters. The second kappa shape index (κ2) is 6.50. The van der Waals surface area contributed by atoms with Crippen LogP contribution in [-0.4, -0.2) is 16.8 Å². The summed E-state index contributed by atoms with van der Waals surface area (Å²) in [5, 5.41) is 7.75. The highest BCUT2D eigenvalue weighted by molar-refractivity contribution is 9.10. The lowest BCUT2D eigenvalue weighted by Crippen LogP contribution is -2.21. The molecule has 1 heterocycles. The van der Waals surface area contributed by atoms with Gasteiger partial charge >= 0.3 is 0 Å². The number of aryl methyl sites for hydroxylation is 2. The summed E-state index contributed by atoms with van der Waals surface area (Å²) in [7, 11) is 1.89. The van der Waals surface area contributed by atoms with Crippen LogP contribution in [0, 0.1) is 12.7 Å². The predicted molar refractivity (Wildman–Crippen MR) is 82.2 cm³/mol. The number of hydrogen-bond acceptors (Lipinski definition) is 2. The Hall–Kier alpha value is -1.20. The quantitative estimate of drug-likeness (QED) is 0.901. The second-order valence-electron chi connectivity index (χ2n) is 4.76. The van der Waals surface area contributed by atoms with Gasteiger partial charge in [0, 0.05) is 19.0 Å². The minimum absolute atomic E-state index is 0.0587. The maximum Gasteiger partial charge on any atom is 0.123 e. The SMILES string of the molecule is CCn1nc(C)c(Br)c1CC(NC)c1cccc(F)c1. The zero-order chi connectivity index (χ0) is 14.7. The number of nitrogens with zero attached hydrogens (tertiary/aromatic N) is 2. The molecule has 0 spiro atoms. The molecule has 20 heavy (non-hydrogen) atoms. The van der Waals surface area contributed by atoms with Gasteiger partial charge in [0.15, 0.2) is 0 Å². The van der Waals surface area contributed by atoms with E-state index in [0.29, 0.717) is 0 Å². The van der Waals surface area contributed by atoms with Crippen LogP contribution in [0.5, 0.6) is 0 Å². The van der Waals surface area contributed by atoms with Gasteiger partial charge in [0.1, 0.15) is 5.82 Å². The highest BCUT2D eigenvalue weighted by Crippen LogP contribution is 2.26. The highest BCUT2D eigenvalue weighted by atomic mass is 79.9. The molecule has 3 nitrogen and oxygen atoms in total. The molecule has 0 saturated carbocycles. The van der Waals surface area contributed by atoms with Crippen LogP contribution in [0.3, 0.4) is 0 Å². The topological polar surface area (TPSA) is 29.9 Å². The molecule has 2 rings (SSSR count). The summed E-state index contributed by atoms with van der Waals surface area (Å²) in [6.07, 6.45) is 0.759. The predicted octanol–water partition coefficient (Wildman–Crippen LogP) is 3.62. The van der Waals surface area contributed by atoms with Crippen molar-refractivity contribution in [3.05, 3.63) is 51.5 Å². The molecule has 1 atom stereocenters. The van der Waals surface area contributed by atoms with Crippen molar-refractivity contribution in [2.45, 2.75) is 32.9 Å². The summed E-state index contributed by atoms with van der Waals surface area (Å²) in [6.45, 7) is 4.87. The second-order valence-corrected chi connectivity index (χ2v) is 5.56. The zero-order valence-corrected chi connectivity index (χ0v) is 13.5. The van der Waals surface area contributed by atoms with E-state index < -0.39 is 0 Å². The van der Waals surface area contributed by atoms with E-state index in [9.17, 15) is 4.39 Å². The molecule has 0 fully saturated rings. The fraction of sp³-hybridized carbons (Fsp3) is 0.400. The largest absolute Gasteiger partial charge is 0.313 e. The summed E-state index contributed by atoms with van der Waals surface area (Å²) in [4.78, 5) is 0. The van der Waals surface area contributed by atoms with Gasteiger partial charge in [0.05, 0.1) is 15.9 Å². The van der Waals surface area contributed by atoms with E-state index in [1.807, 2.05) is 24.7 Å². The minimum Gasteiger partial charge on any atom is -0.313 e. The Bertz CT molecular complexity index is 595. The summed E-state index contributed by atoms with van der Waals surface area (Å²) in [6, 6.07) is 6.79. The molecule has 0 amide bonds. The zero-order valence-electron chi connectivity index (χ0n) is 12.0. The van der Waals surface area contributed by atoms with Crippen molar-refractivity contribution in [2.75, 3.05) is 7.05 Å². The average molecular weight is 340 g/mol. The van der Waals surface area contributed by atoms with E-state index in [1.54, 1.807) is 12.1 Å². The van der Waals surface area contributed by atoms with Crippen molar-refractivity contribution in [1.29, 1.82) is 0 Å². The third-order valence-electron chi connectivity index (χ3n) is 3.45. The standard InChI is InChI=1S/C15H19BrFN3/c1-4-20-14(15(16)10(2)19-20)9-13(18-3)11-6-5-7-12(17)8-11/h5-8,13,18H,4,9H2,1-3H3. The van der Waals surface area contributed by atoms with Crippen molar-refractivity contribution in [1.82, 2.24) is 15.1 Å². The third kappa shape index (κ3) is 3.10. The van der Waals surface area contributed by atoms with Crippen LogP contribution in [0.15, 0.2) is 28.7 Å². The molecular formula is C15H19BrFN3. The number of hydrogen-bond donors (Lipinski definition) is 1. The Morgan fingerprint density at radius 2 is 2.20 bits per heavy atom. The first kappa shape index (κ1) is 15.2. The van der Waals surface area contributed by atoms with Crippen molar-refractivity contribution in [2.24, 2.45) is 0 Å². The highest BCUT2D eigenvalue weighted by Gasteiger charge is 2.18. The van der Waals surface area contributed by atoms with E-state index in [0.717, 1.165) is 34.4 Å². The van der Waals surface area contributed by atoms with Gasteiger partial charge in [0.2, 0.25) is 0 Å². The Balaban J connectivity index is 2.31. The molecule has 108 valence electrons. The maximum atomic E-state index is 13.4. The molecule has 1 aromatic carbocycles. The van der Waals surface area contributed by atoms with E-state index in [4.69, 9.17) is 0 Å². The fourth-order valence-corrected chi connectivity index (χ4v) is 2.81. The molecule has 0 aliphatic heterocycles. The van der Waals surface area contributed by atoms with Crippen LogP contribution in [0.4, 0.5) is 4.39 Å². The first-order chi connectivity index (χ1) is 9.56. The summed E-state index contributed by atoms with van der Waals surface area (Å²) < 4.78 is 16.4. The number of aromatic nitrogens is 2. The van der Waals surface area contributed by atoms with Gasteiger partial charge in [-0.05, 0) is 54.5 Å². The van der Waals surface area contributed by atoms with Gasteiger partial charge in [-0.1, -0.05) is 12.1 Å². The lowest BCUT2D eigenvalue weighted by atomic mass is 10.0. The summed E-state index contributed by atoms with van der Waals surface area (Å²) in [5.41, 5.74) is 3.06. The molecule has 0 radical (unpaired) electrons. The van der Waals surface area contributed by atoms with Crippen LogP contribution >= 0.6 is 15.9 Å². The van der Waals surface area contributed by atoms with Crippen molar-refractivity contribution in [3.8, 4) is 0 Å². The smallest absolute Gasteiger partial charge is 0.123 e. The number of likely N-dealkylation sites (N-methyl/N-ethyl adjacent to an activating group) is 1. The lowest BCUT2D eigenvalue weighted by Gasteiger charge is -2.17. The van der Waals surface area contributed by atoms with Crippen molar-refractivity contribution in [3.63, 3.8) is 0 Å². The van der Waals surface area contributed by atoms with E-state index in [-0.39, 0.29) is 11.9 Å². The number of rotatable bonds is 5. The first-order valence-corrected chi connectivity index (χ1v) is 7.50. The monoisotopic (exact) mass is 339 g/mol. The van der Waals surface area contributed by atoms with Crippen molar-refractivity contribution >= 4 is 15.9 Å². The molecule has 1 aromatic heterocycles. The van der Waals surface area contributed by atoms with Crippen LogP contribution in [-0.2, 0) is 13.0 Å². The Labute approximate surface area is 127 Å². The van der Waals surface area contributed by atoms with Gasteiger partial charge in [-0.2, -0.15) is 5.10 Å². The normalized spacial score (nSPS) is 12.7. The van der Waals surface area contributed by atoms with Crippen molar-refractivity contribution < 1.29 is 4.39 Å². The van der Waals surface area contributed by atoms with Gasteiger partial charge in [-0.25, -0.2) is 4.39 Å². The fourth-order valence-electron chi connectivity index (χ4n) is 2.37. The van der Waals surface area contributed by atoms with Crippen LogP contribution < -0.4 is 5.32 Å². The van der Waals surface area contributed by atoms with Gasteiger partial charge in [-0.3, -0.25) is 4.68 Å². The van der Waals surface area contributed by atoms with Gasteiger partial charge in [-0.15, -0.1) is 0 Å². The van der Waals surface area contributed by atoms with E-state index in [2.05, 4.69) is 33.3 Å². The Kier molecular flexibility index (Phi) is 4.94. The van der Waals surface area contributed by atoms with Crippen LogP contribution in [0.2, 0.25) is 0 Å². The molecule has 0 aliphatic carbocycles. The minimum atomic E-state index is -0.206. The number of benzene rings is 1. The number of halogens is 2. The molecule has 0 bridgehead atoms. The molecule has 1 N–H and O–H groups in total. The first-order valence-electron chi connectivity index (χ1n) is 6.71. The average Bonchev–Trinajstić information content (AvgIpc) is 2.71. The molecule has 0 saturated heterocycles. The lowest BCUT2D eigenvalue weighted by molar-refractivity contribution is 0.535. The van der Waals surface area contributed by atoms with Gasteiger partial charge < -0.3 is 5.32 Å². The molecular weight excluding hydrogens is 321 g/mol. The number of nitrogens with one attached hydrogen (secondary N) is 1. The third-order valence-corrected chi connectivity index (χ3v) is 4.48. The maximum absolute atomic E-state index is 13.4. The van der Waals surface area contributed by atoms with E-state index >= 15 is 0 Å². The summed E-state index contributed by atoms with van der Waals surface area (Å²) >= 11 is 3.60. The van der Waals surface area contributed by atoms with Crippen LogP contribution in [0.1, 0.15) is 29.9 Å². The Morgan fingerprint density at radius 3 is 2.80 bits per heavy atom. The van der Waals surface area contributed by atoms with E-state index in [1.165, 1.54) is 6.07 Å². The van der Waals surface area contributed by atoms with Crippen LogP contribution in [0.25, 0.3) is 0 Å². The molecule has 2 aromatic rings.